The van der Waals surface area contributed by atoms with Crippen LogP contribution in [0.1, 0.15) is 84.5 Å². The van der Waals surface area contributed by atoms with Crippen molar-refractivity contribution in [3.8, 4) is 0 Å². The Bertz CT molecular complexity index is 263. The Labute approximate surface area is 122 Å². The molecule has 0 radical (unpaired) electrons. The second-order valence-corrected chi connectivity index (χ2v) is 5.41. The number of Topliss-reactive ketones (excluding diaryl/α,β-unsaturated/α-hetero) is 1. The molecule has 0 heterocycles. The molecule has 0 amide bonds. The predicted molar refractivity (Wildman–Crippen MR) is 79.2 cm³/mol. The molecule has 1 N–H and O–H groups in total. The first-order chi connectivity index (χ1) is 9.56. The second kappa shape index (κ2) is 13.1. The minimum atomic E-state index is -1.02. The largest absolute Gasteiger partial charge is 0.436 e. The molecule has 1 unspecified atom stereocenters. The summed E-state index contributed by atoms with van der Waals surface area (Å²) < 4.78 is 4.82. The van der Waals surface area contributed by atoms with Crippen molar-refractivity contribution in [2.45, 2.75) is 90.8 Å². The molecule has 0 aliphatic heterocycles. The molecule has 4 nitrogen and oxygen atoms in total. The first-order valence-electron chi connectivity index (χ1n) is 7.93. The number of ether oxygens (including phenoxy) is 1. The minimum absolute atomic E-state index is 0.0421. The summed E-state index contributed by atoms with van der Waals surface area (Å²) >= 11 is 0. The topological polar surface area (TPSA) is 63.6 Å². The van der Waals surface area contributed by atoms with Crippen LogP contribution < -0.4 is 0 Å². The number of carbonyl (C=O) groups excluding carboxylic acids is 2. The Morgan fingerprint density at radius 3 is 2.05 bits per heavy atom. The van der Waals surface area contributed by atoms with Crippen LogP contribution in [0.4, 0.5) is 0 Å². The fourth-order valence-corrected chi connectivity index (χ4v) is 2.00. The molecule has 0 saturated heterocycles. The molecule has 0 spiro atoms. The summed E-state index contributed by atoms with van der Waals surface area (Å²) in [5.74, 6) is -0.535. The molecule has 118 valence electrons. The highest BCUT2D eigenvalue weighted by atomic mass is 16.6. The summed E-state index contributed by atoms with van der Waals surface area (Å²) in [6, 6.07) is 0. The molecular weight excluding hydrogens is 256 g/mol. The van der Waals surface area contributed by atoms with Crippen LogP contribution in [0.5, 0.6) is 0 Å². The normalized spacial score (nSPS) is 12.2. The third kappa shape index (κ3) is 13.5. The molecule has 0 fully saturated rings. The lowest BCUT2D eigenvalue weighted by Crippen LogP contribution is -2.17. The van der Waals surface area contributed by atoms with Gasteiger partial charge in [0.1, 0.15) is 5.78 Å². The van der Waals surface area contributed by atoms with Crippen LogP contribution in [0.15, 0.2) is 0 Å². The van der Waals surface area contributed by atoms with Gasteiger partial charge in [0.05, 0.1) is 6.42 Å². The van der Waals surface area contributed by atoms with E-state index in [0.717, 1.165) is 12.8 Å². The molecule has 0 rings (SSSR count). The molecule has 0 saturated carbocycles. The average molecular weight is 286 g/mol. The van der Waals surface area contributed by atoms with Crippen LogP contribution in [-0.2, 0) is 14.3 Å². The Morgan fingerprint density at radius 2 is 1.50 bits per heavy atom. The highest BCUT2D eigenvalue weighted by Crippen LogP contribution is 2.11. The molecule has 1 atom stereocenters. The molecule has 4 heteroatoms. The standard InChI is InChI=1S/C16H30O4/c1-3-4-5-6-7-8-9-10-11-15(18)20-16(19)13-12-14(2)17/h15,18H,3-13H2,1-2H3. The average Bonchev–Trinajstić information content (AvgIpc) is 2.39. The molecule has 0 bridgehead atoms. The van der Waals surface area contributed by atoms with Crippen molar-refractivity contribution in [2.24, 2.45) is 0 Å². The monoisotopic (exact) mass is 286 g/mol. The summed E-state index contributed by atoms with van der Waals surface area (Å²) in [6.45, 7) is 3.64. The van der Waals surface area contributed by atoms with Gasteiger partial charge in [-0.15, -0.1) is 0 Å². The van der Waals surface area contributed by atoms with Gasteiger partial charge in [-0.05, 0) is 13.3 Å². The third-order valence-electron chi connectivity index (χ3n) is 3.25. The van der Waals surface area contributed by atoms with Crippen molar-refractivity contribution >= 4 is 11.8 Å². The van der Waals surface area contributed by atoms with E-state index in [1.54, 1.807) is 0 Å². The second-order valence-electron chi connectivity index (χ2n) is 5.41. The van der Waals surface area contributed by atoms with E-state index in [1.807, 2.05) is 0 Å². The fourth-order valence-electron chi connectivity index (χ4n) is 2.00. The predicted octanol–water partition coefficient (Wildman–Crippen LogP) is 3.75. The molecule has 0 aromatic heterocycles. The van der Waals surface area contributed by atoms with Gasteiger partial charge in [-0.3, -0.25) is 4.79 Å². The molecule has 0 aliphatic carbocycles. The maximum absolute atomic E-state index is 11.3. The Balaban J connectivity index is 3.37. The van der Waals surface area contributed by atoms with Crippen molar-refractivity contribution in [2.75, 3.05) is 0 Å². The van der Waals surface area contributed by atoms with E-state index in [0.29, 0.717) is 6.42 Å². The Kier molecular flexibility index (Phi) is 12.5. The van der Waals surface area contributed by atoms with Crippen LogP contribution in [0.3, 0.4) is 0 Å². The van der Waals surface area contributed by atoms with Crippen LogP contribution in [0.25, 0.3) is 0 Å². The van der Waals surface area contributed by atoms with Gasteiger partial charge < -0.3 is 14.6 Å². The van der Waals surface area contributed by atoms with Crippen LogP contribution in [0.2, 0.25) is 0 Å². The number of rotatable bonds is 13. The first-order valence-corrected chi connectivity index (χ1v) is 7.93. The maximum Gasteiger partial charge on any atom is 0.308 e. The van der Waals surface area contributed by atoms with E-state index in [4.69, 9.17) is 4.74 Å². The van der Waals surface area contributed by atoms with Gasteiger partial charge in [-0.1, -0.05) is 51.9 Å². The van der Waals surface area contributed by atoms with Crippen molar-refractivity contribution in [1.29, 1.82) is 0 Å². The molecule has 0 aromatic carbocycles. The SMILES string of the molecule is CCCCCCCCCCC(O)OC(=O)CCC(C)=O. The number of aliphatic hydroxyl groups excluding tert-OH is 1. The first kappa shape index (κ1) is 19.1. The molecule has 20 heavy (non-hydrogen) atoms. The lowest BCUT2D eigenvalue weighted by Gasteiger charge is -2.11. The third-order valence-corrected chi connectivity index (χ3v) is 3.25. The summed E-state index contributed by atoms with van der Waals surface area (Å²) in [7, 11) is 0. The number of esters is 1. The summed E-state index contributed by atoms with van der Waals surface area (Å²) in [5, 5.41) is 9.53. The van der Waals surface area contributed by atoms with E-state index in [2.05, 4.69) is 6.92 Å². The molecule has 0 aromatic rings. The van der Waals surface area contributed by atoms with E-state index >= 15 is 0 Å². The summed E-state index contributed by atoms with van der Waals surface area (Å²) in [6.07, 6.45) is 9.24. The van der Waals surface area contributed by atoms with Crippen molar-refractivity contribution in [3.63, 3.8) is 0 Å². The van der Waals surface area contributed by atoms with Gasteiger partial charge in [0, 0.05) is 12.8 Å². The number of ketones is 1. The van der Waals surface area contributed by atoms with Gasteiger partial charge in [0.25, 0.3) is 0 Å². The zero-order valence-electron chi connectivity index (χ0n) is 13.0. The highest BCUT2D eigenvalue weighted by molar-refractivity contribution is 5.80. The van der Waals surface area contributed by atoms with Crippen molar-refractivity contribution in [3.05, 3.63) is 0 Å². The Morgan fingerprint density at radius 1 is 0.950 bits per heavy atom. The molecule has 0 aliphatic rings. The smallest absolute Gasteiger partial charge is 0.308 e. The maximum atomic E-state index is 11.3. The van der Waals surface area contributed by atoms with Gasteiger partial charge in [-0.2, -0.15) is 0 Å². The van der Waals surface area contributed by atoms with Crippen molar-refractivity contribution in [1.82, 2.24) is 0 Å². The van der Waals surface area contributed by atoms with Gasteiger partial charge >= 0.3 is 5.97 Å². The number of aliphatic hydroxyl groups is 1. The van der Waals surface area contributed by atoms with Gasteiger partial charge in [-0.25, -0.2) is 0 Å². The van der Waals surface area contributed by atoms with E-state index in [9.17, 15) is 14.7 Å². The van der Waals surface area contributed by atoms with Gasteiger partial charge in [0.15, 0.2) is 0 Å². The number of hydrogen-bond acceptors (Lipinski definition) is 4. The Hall–Kier alpha value is -0.900. The number of carbonyl (C=O) groups is 2. The van der Waals surface area contributed by atoms with E-state index < -0.39 is 12.3 Å². The number of unbranched alkanes of at least 4 members (excludes halogenated alkanes) is 7. The van der Waals surface area contributed by atoms with E-state index in [-0.39, 0.29) is 18.6 Å². The van der Waals surface area contributed by atoms with Gasteiger partial charge in [0.2, 0.25) is 6.29 Å². The zero-order chi connectivity index (χ0) is 15.2. The highest BCUT2D eigenvalue weighted by Gasteiger charge is 2.11. The zero-order valence-corrected chi connectivity index (χ0v) is 13.0. The van der Waals surface area contributed by atoms with Crippen LogP contribution in [-0.4, -0.2) is 23.1 Å². The minimum Gasteiger partial charge on any atom is -0.436 e. The quantitative estimate of drug-likeness (QED) is 0.318. The van der Waals surface area contributed by atoms with Crippen molar-refractivity contribution < 1.29 is 19.4 Å². The lowest BCUT2D eigenvalue weighted by molar-refractivity contribution is -0.169. The van der Waals surface area contributed by atoms with E-state index in [1.165, 1.54) is 45.4 Å². The molecular formula is C16H30O4. The summed E-state index contributed by atoms with van der Waals surface area (Å²) in [4.78, 5) is 22.0. The summed E-state index contributed by atoms with van der Waals surface area (Å²) in [5.41, 5.74) is 0. The fraction of sp³-hybridized carbons (Fsp3) is 0.875. The van der Waals surface area contributed by atoms with Crippen LogP contribution in [0, 0.1) is 0 Å². The number of hydrogen-bond donors (Lipinski definition) is 1. The van der Waals surface area contributed by atoms with Crippen LogP contribution >= 0.6 is 0 Å². The lowest BCUT2D eigenvalue weighted by atomic mass is 10.1.